The summed E-state index contributed by atoms with van der Waals surface area (Å²) in [4.78, 5) is 6.78. The molecule has 0 aliphatic carbocycles. The average Bonchev–Trinajstić information content (AvgIpc) is 2.51. The molecule has 1 aliphatic rings. The monoisotopic (exact) mass is 308 g/mol. The number of hydrogen-bond donors (Lipinski definition) is 1. The molecule has 1 heterocycles. The average molecular weight is 308 g/mol. The van der Waals surface area contributed by atoms with Gasteiger partial charge in [-0.25, -0.2) is 0 Å². The lowest BCUT2D eigenvalue weighted by Crippen LogP contribution is -2.45. The van der Waals surface area contributed by atoms with Crippen LogP contribution in [0.15, 0.2) is 47.5 Å². The van der Waals surface area contributed by atoms with Crippen molar-refractivity contribution in [1.29, 1.82) is 0 Å². The van der Waals surface area contributed by atoms with Crippen molar-refractivity contribution < 1.29 is 5.11 Å². The molecule has 1 aliphatic heterocycles. The molecule has 3 nitrogen and oxygen atoms in total. The number of phenolic OH excluding ortho intramolecular Hbond substituents is 1. The highest BCUT2D eigenvalue weighted by Crippen LogP contribution is 2.42. The van der Waals surface area contributed by atoms with Crippen molar-refractivity contribution in [3.05, 3.63) is 53.6 Å². The Morgan fingerprint density at radius 2 is 1.96 bits per heavy atom. The van der Waals surface area contributed by atoms with Gasteiger partial charge in [0.25, 0.3) is 0 Å². The van der Waals surface area contributed by atoms with Gasteiger partial charge < -0.3 is 10.0 Å². The molecule has 0 fully saturated rings. The van der Waals surface area contributed by atoms with Gasteiger partial charge in [-0.3, -0.25) is 4.99 Å². The van der Waals surface area contributed by atoms with Crippen LogP contribution in [0.3, 0.4) is 0 Å². The minimum atomic E-state index is 0.178. The lowest BCUT2D eigenvalue weighted by Gasteiger charge is -2.45. The second-order valence-corrected chi connectivity index (χ2v) is 7.04. The molecule has 23 heavy (non-hydrogen) atoms. The molecule has 1 N–H and O–H groups in total. The molecule has 0 radical (unpaired) electrons. The Labute approximate surface area is 138 Å². The smallest absolute Gasteiger partial charge is 0.141 e. The number of aromatic hydroxyl groups is 1. The van der Waals surface area contributed by atoms with Gasteiger partial charge in [0.05, 0.1) is 0 Å². The lowest BCUT2D eigenvalue weighted by molar-refractivity contribution is 0.395. The van der Waals surface area contributed by atoms with Gasteiger partial charge in [-0.05, 0) is 61.6 Å². The highest BCUT2D eigenvalue weighted by Gasteiger charge is 2.33. The first-order valence-corrected chi connectivity index (χ1v) is 8.08. The minimum absolute atomic E-state index is 0.178. The molecule has 0 aromatic heterocycles. The molecule has 120 valence electrons. The van der Waals surface area contributed by atoms with E-state index in [1.165, 1.54) is 11.3 Å². The van der Waals surface area contributed by atoms with Crippen molar-refractivity contribution in [2.24, 2.45) is 4.99 Å². The Morgan fingerprint density at radius 3 is 2.70 bits per heavy atom. The summed E-state index contributed by atoms with van der Waals surface area (Å²) in [7, 11) is 2.17. The van der Waals surface area contributed by atoms with E-state index in [0.717, 1.165) is 12.0 Å². The summed E-state index contributed by atoms with van der Waals surface area (Å²) < 4.78 is 0. The van der Waals surface area contributed by atoms with Crippen LogP contribution in [0.4, 0.5) is 11.4 Å². The second kappa shape index (κ2) is 5.73. The Bertz CT molecular complexity index is 749. The van der Waals surface area contributed by atoms with E-state index in [9.17, 15) is 5.11 Å². The number of nitrogens with zero attached hydrogens (tertiary/aromatic N) is 2. The van der Waals surface area contributed by atoms with Crippen LogP contribution in [0.5, 0.6) is 5.75 Å². The third kappa shape index (κ3) is 2.96. The second-order valence-electron chi connectivity index (χ2n) is 7.04. The number of hydrogen-bond acceptors (Lipinski definition) is 3. The zero-order chi connectivity index (χ0) is 16.6. The fourth-order valence-corrected chi connectivity index (χ4v) is 3.39. The van der Waals surface area contributed by atoms with Crippen molar-refractivity contribution in [1.82, 2.24) is 0 Å². The fourth-order valence-electron chi connectivity index (χ4n) is 3.39. The minimum Gasteiger partial charge on any atom is -0.506 e. The summed E-state index contributed by atoms with van der Waals surface area (Å²) in [5.74, 6) is 0.728. The van der Waals surface area contributed by atoms with Gasteiger partial charge in [0.1, 0.15) is 11.4 Å². The molecule has 1 atom stereocenters. The predicted molar refractivity (Wildman–Crippen MR) is 97.3 cm³/mol. The first kappa shape index (κ1) is 15.6. The highest BCUT2D eigenvalue weighted by atomic mass is 16.3. The maximum atomic E-state index is 9.79. The SMILES string of the molecule is CC1CC(C)(C)N(C)c2ccc(C=Nc3ccccc3O)cc21. The maximum absolute atomic E-state index is 9.79. The molecule has 0 saturated carbocycles. The first-order chi connectivity index (χ1) is 10.9. The molecule has 1 unspecified atom stereocenters. The summed E-state index contributed by atoms with van der Waals surface area (Å²) in [5, 5.41) is 9.79. The fraction of sp³-hybridized carbons (Fsp3) is 0.350. The molecule has 3 heteroatoms. The van der Waals surface area contributed by atoms with Crippen molar-refractivity contribution in [3.8, 4) is 5.75 Å². The van der Waals surface area contributed by atoms with Crippen LogP contribution >= 0.6 is 0 Å². The zero-order valence-electron chi connectivity index (χ0n) is 14.2. The van der Waals surface area contributed by atoms with Gasteiger partial charge in [0.2, 0.25) is 0 Å². The van der Waals surface area contributed by atoms with Crippen LogP contribution in [-0.2, 0) is 0 Å². The largest absolute Gasteiger partial charge is 0.506 e. The summed E-state index contributed by atoms with van der Waals surface area (Å²) in [6.45, 7) is 6.87. The van der Waals surface area contributed by atoms with Crippen LogP contribution in [0.25, 0.3) is 0 Å². The maximum Gasteiger partial charge on any atom is 0.141 e. The Hall–Kier alpha value is -2.29. The molecule has 0 amide bonds. The molecule has 2 aromatic carbocycles. The van der Waals surface area contributed by atoms with Crippen molar-refractivity contribution in [2.45, 2.75) is 38.6 Å². The van der Waals surface area contributed by atoms with E-state index in [4.69, 9.17) is 0 Å². The van der Waals surface area contributed by atoms with E-state index in [1.54, 1.807) is 12.1 Å². The zero-order valence-corrected chi connectivity index (χ0v) is 14.2. The number of benzene rings is 2. The quantitative estimate of drug-likeness (QED) is 0.804. The predicted octanol–water partition coefficient (Wildman–Crippen LogP) is 4.86. The Balaban J connectivity index is 1.93. The standard InChI is InChI=1S/C20H24N2O/c1-14-12-20(2,3)22(4)18-10-9-15(11-16(14)18)13-21-17-7-5-6-8-19(17)23/h5-11,13-14,23H,12H2,1-4H3. The molecule has 0 bridgehead atoms. The van der Waals surface area contributed by atoms with Crippen LogP contribution in [-0.4, -0.2) is 23.9 Å². The Kier molecular flexibility index (Phi) is 3.88. The van der Waals surface area contributed by atoms with Crippen molar-refractivity contribution in [3.63, 3.8) is 0 Å². The van der Waals surface area contributed by atoms with E-state index < -0.39 is 0 Å². The summed E-state index contributed by atoms with van der Waals surface area (Å²) in [5.41, 5.74) is 4.50. The van der Waals surface area contributed by atoms with Crippen molar-refractivity contribution in [2.75, 3.05) is 11.9 Å². The van der Waals surface area contributed by atoms with Gasteiger partial charge in [0, 0.05) is 24.5 Å². The first-order valence-electron chi connectivity index (χ1n) is 8.08. The van der Waals surface area contributed by atoms with Crippen LogP contribution in [0.2, 0.25) is 0 Å². The summed E-state index contributed by atoms with van der Waals surface area (Å²) in [6.07, 6.45) is 2.96. The normalized spacial score (nSPS) is 19.8. The Morgan fingerprint density at radius 1 is 1.22 bits per heavy atom. The molecule has 0 saturated heterocycles. The topological polar surface area (TPSA) is 35.8 Å². The molecule has 0 spiro atoms. The lowest BCUT2D eigenvalue weighted by atomic mass is 9.80. The van der Waals surface area contributed by atoms with Crippen LogP contribution < -0.4 is 4.90 Å². The van der Waals surface area contributed by atoms with Gasteiger partial charge in [0.15, 0.2) is 0 Å². The number of fused-ring (bicyclic) bond motifs is 1. The number of aliphatic imine (C=N–C) groups is 1. The third-order valence-corrected chi connectivity index (χ3v) is 4.89. The summed E-state index contributed by atoms with van der Waals surface area (Å²) >= 11 is 0. The number of para-hydroxylation sites is 2. The summed E-state index contributed by atoms with van der Waals surface area (Å²) in [6, 6.07) is 13.6. The van der Waals surface area contributed by atoms with Crippen LogP contribution in [0.1, 0.15) is 44.2 Å². The number of rotatable bonds is 2. The van der Waals surface area contributed by atoms with E-state index in [1.807, 2.05) is 18.3 Å². The number of anilines is 1. The highest BCUT2D eigenvalue weighted by molar-refractivity contribution is 5.84. The van der Waals surface area contributed by atoms with Gasteiger partial charge in [-0.1, -0.05) is 25.1 Å². The number of phenols is 1. The van der Waals surface area contributed by atoms with Gasteiger partial charge in [-0.15, -0.1) is 0 Å². The van der Waals surface area contributed by atoms with Crippen molar-refractivity contribution >= 4 is 17.6 Å². The van der Waals surface area contributed by atoms with Crippen LogP contribution in [0, 0.1) is 0 Å². The van der Waals surface area contributed by atoms with E-state index in [2.05, 4.69) is 55.9 Å². The molecular formula is C20H24N2O. The molecule has 3 rings (SSSR count). The van der Waals surface area contributed by atoms with E-state index in [-0.39, 0.29) is 11.3 Å². The van der Waals surface area contributed by atoms with E-state index >= 15 is 0 Å². The van der Waals surface area contributed by atoms with Gasteiger partial charge in [-0.2, -0.15) is 0 Å². The molecular weight excluding hydrogens is 284 g/mol. The van der Waals surface area contributed by atoms with E-state index in [0.29, 0.717) is 11.6 Å². The van der Waals surface area contributed by atoms with Gasteiger partial charge >= 0.3 is 0 Å². The third-order valence-electron chi connectivity index (χ3n) is 4.89. The molecule has 2 aromatic rings.